The van der Waals surface area contributed by atoms with Crippen molar-refractivity contribution in [3.05, 3.63) is 36.1 Å². The number of rotatable bonds is 10. The minimum Gasteiger partial charge on any atom is -0.497 e. The molecule has 0 aliphatic carbocycles. The first-order valence-electron chi connectivity index (χ1n) is 9.50. The maximum absolute atomic E-state index is 11.9. The van der Waals surface area contributed by atoms with Gasteiger partial charge in [0.15, 0.2) is 5.60 Å². The molecule has 0 spiro atoms. The van der Waals surface area contributed by atoms with E-state index in [2.05, 4.69) is 6.92 Å². The molecule has 1 aromatic rings. The summed E-state index contributed by atoms with van der Waals surface area (Å²) < 4.78 is 22.4. The maximum atomic E-state index is 11.9. The molecule has 1 aromatic carbocycles. The van der Waals surface area contributed by atoms with Crippen LogP contribution in [0.5, 0.6) is 11.5 Å². The topological polar surface area (TPSA) is 54.0 Å². The third-order valence-corrected chi connectivity index (χ3v) is 4.88. The number of carbonyl (C=O) groups excluding carboxylic acids is 1. The number of hydrogen-bond acceptors (Lipinski definition) is 5. The van der Waals surface area contributed by atoms with Crippen molar-refractivity contribution in [3.63, 3.8) is 0 Å². The average molecular weight is 362 g/mol. The Kier molecular flexibility index (Phi) is 7.37. The van der Waals surface area contributed by atoms with Crippen molar-refractivity contribution in [2.45, 2.75) is 71.0 Å². The first kappa shape index (κ1) is 20.1. The van der Waals surface area contributed by atoms with E-state index in [4.69, 9.17) is 18.9 Å². The lowest BCUT2D eigenvalue weighted by molar-refractivity contribution is 0.0219. The molecule has 0 saturated carbocycles. The van der Waals surface area contributed by atoms with Crippen molar-refractivity contribution in [2.24, 2.45) is 0 Å². The van der Waals surface area contributed by atoms with Crippen LogP contribution in [0, 0.1) is 0 Å². The van der Waals surface area contributed by atoms with Crippen molar-refractivity contribution in [2.75, 3.05) is 7.11 Å². The van der Waals surface area contributed by atoms with Crippen molar-refractivity contribution >= 4 is 6.16 Å². The molecule has 1 aliphatic heterocycles. The normalized spacial score (nSPS) is 19.0. The average Bonchev–Trinajstić information content (AvgIpc) is 3.01. The van der Waals surface area contributed by atoms with Gasteiger partial charge in [-0.1, -0.05) is 33.6 Å². The zero-order valence-electron chi connectivity index (χ0n) is 16.2. The Labute approximate surface area is 156 Å². The van der Waals surface area contributed by atoms with E-state index in [0.717, 1.165) is 31.4 Å². The highest BCUT2D eigenvalue weighted by molar-refractivity contribution is 5.64. The first-order chi connectivity index (χ1) is 12.6. The molecule has 1 fully saturated rings. The van der Waals surface area contributed by atoms with Crippen LogP contribution < -0.4 is 9.47 Å². The molecule has 26 heavy (non-hydrogen) atoms. The second-order valence-corrected chi connectivity index (χ2v) is 6.50. The molecule has 5 heteroatoms. The second-order valence-electron chi connectivity index (χ2n) is 6.50. The summed E-state index contributed by atoms with van der Waals surface area (Å²) in [4.78, 5) is 11.9. The lowest BCUT2D eigenvalue weighted by Gasteiger charge is -2.29. The summed E-state index contributed by atoms with van der Waals surface area (Å²) in [6.45, 7) is 6.17. The molecule has 2 rings (SSSR count). The zero-order chi connectivity index (χ0) is 19.0. The molecular weight excluding hydrogens is 332 g/mol. The Morgan fingerprint density at radius 1 is 1.12 bits per heavy atom. The smallest absolute Gasteiger partial charge is 0.497 e. The van der Waals surface area contributed by atoms with Crippen molar-refractivity contribution in [1.29, 1.82) is 0 Å². The van der Waals surface area contributed by atoms with E-state index in [1.54, 1.807) is 7.11 Å². The summed E-state index contributed by atoms with van der Waals surface area (Å²) in [5.74, 6) is 2.08. The molecule has 5 nitrogen and oxygen atoms in total. The molecule has 0 radical (unpaired) electrons. The van der Waals surface area contributed by atoms with Crippen LogP contribution in [0.1, 0.15) is 59.3 Å². The molecule has 1 atom stereocenters. The van der Waals surface area contributed by atoms with Gasteiger partial charge < -0.3 is 18.9 Å². The number of unbranched alkanes of at least 4 members (excludes halogenated alkanes) is 3. The molecule has 144 valence electrons. The van der Waals surface area contributed by atoms with Crippen LogP contribution in [0.3, 0.4) is 0 Å². The fourth-order valence-electron chi connectivity index (χ4n) is 3.15. The predicted molar refractivity (Wildman–Crippen MR) is 101 cm³/mol. The SMILES string of the molecule is CCCCC/C=C(/Oc1ccc(OC)cc1)[C@@H]1OC(=O)OC1(CC)CC. The van der Waals surface area contributed by atoms with E-state index in [1.807, 2.05) is 44.2 Å². The van der Waals surface area contributed by atoms with Gasteiger partial charge in [0.05, 0.1) is 7.11 Å². The van der Waals surface area contributed by atoms with Gasteiger partial charge in [-0.15, -0.1) is 0 Å². The summed E-state index contributed by atoms with van der Waals surface area (Å²) in [5.41, 5.74) is -0.680. The van der Waals surface area contributed by atoms with Crippen LogP contribution in [0.2, 0.25) is 0 Å². The minimum absolute atomic E-state index is 0.534. The highest BCUT2D eigenvalue weighted by atomic mass is 16.8. The summed E-state index contributed by atoms with van der Waals surface area (Å²) in [6, 6.07) is 7.37. The van der Waals surface area contributed by atoms with Crippen molar-refractivity contribution in [3.8, 4) is 11.5 Å². The fraction of sp³-hybridized carbons (Fsp3) is 0.571. The Balaban J connectivity index is 2.25. The lowest BCUT2D eigenvalue weighted by atomic mass is 9.89. The summed E-state index contributed by atoms with van der Waals surface area (Å²) >= 11 is 0. The van der Waals surface area contributed by atoms with Crippen LogP contribution >= 0.6 is 0 Å². The Morgan fingerprint density at radius 2 is 1.77 bits per heavy atom. The molecule has 1 aliphatic rings. The van der Waals surface area contributed by atoms with Gasteiger partial charge in [0.2, 0.25) is 6.10 Å². The van der Waals surface area contributed by atoms with Gasteiger partial charge in [0.25, 0.3) is 0 Å². The van der Waals surface area contributed by atoms with Gasteiger partial charge in [-0.2, -0.15) is 0 Å². The van der Waals surface area contributed by atoms with Crippen LogP contribution in [-0.4, -0.2) is 25.0 Å². The monoisotopic (exact) mass is 362 g/mol. The highest BCUT2D eigenvalue weighted by Gasteiger charge is 2.51. The number of methoxy groups -OCH3 is 1. The molecule has 0 N–H and O–H groups in total. The third kappa shape index (κ3) is 4.71. The molecule has 1 saturated heterocycles. The standard InChI is InChI=1S/C21H30O5/c1-5-8-9-10-11-18(24-17-14-12-16(23-4)13-15-17)19-21(6-2,7-3)26-20(22)25-19/h11-15,19H,5-10H2,1-4H3/b18-11+/t19-/m0/s1. The minimum atomic E-state index is -0.680. The Hall–Kier alpha value is -2.17. The van der Waals surface area contributed by atoms with Crippen LogP contribution in [0.25, 0.3) is 0 Å². The number of benzene rings is 1. The lowest BCUT2D eigenvalue weighted by Crippen LogP contribution is -2.41. The van der Waals surface area contributed by atoms with E-state index in [0.29, 0.717) is 24.4 Å². The summed E-state index contributed by atoms with van der Waals surface area (Å²) in [5, 5.41) is 0. The third-order valence-electron chi connectivity index (χ3n) is 4.88. The van der Waals surface area contributed by atoms with E-state index < -0.39 is 17.9 Å². The van der Waals surface area contributed by atoms with Crippen LogP contribution in [0.4, 0.5) is 4.79 Å². The van der Waals surface area contributed by atoms with Gasteiger partial charge in [0.1, 0.15) is 17.3 Å². The number of allylic oxidation sites excluding steroid dienone is 1. The highest BCUT2D eigenvalue weighted by Crippen LogP contribution is 2.38. The fourth-order valence-corrected chi connectivity index (χ4v) is 3.15. The molecule has 0 bridgehead atoms. The number of carbonyl (C=O) groups is 1. The van der Waals surface area contributed by atoms with E-state index in [1.165, 1.54) is 0 Å². The van der Waals surface area contributed by atoms with Crippen molar-refractivity contribution in [1.82, 2.24) is 0 Å². The van der Waals surface area contributed by atoms with Crippen LogP contribution in [-0.2, 0) is 9.47 Å². The maximum Gasteiger partial charge on any atom is 0.509 e. The molecular formula is C21H30O5. The quantitative estimate of drug-likeness (QED) is 0.307. The zero-order valence-corrected chi connectivity index (χ0v) is 16.2. The van der Waals surface area contributed by atoms with E-state index in [-0.39, 0.29) is 0 Å². The van der Waals surface area contributed by atoms with E-state index in [9.17, 15) is 4.79 Å². The van der Waals surface area contributed by atoms with Gasteiger partial charge in [0, 0.05) is 0 Å². The van der Waals surface area contributed by atoms with Gasteiger partial charge in [-0.25, -0.2) is 4.79 Å². The largest absolute Gasteiger partial charge is 0.509 e. The number of hydrogen-bond donors (Lipinski definition) is 0. The van der Waals surface area contributed by atoms with Gasteiger partial charge >= 0.3 is 6.16 Å². The number of ether oxygens (including phenoxy) is 4. The number of cyclic esters (lactones) is 2. The second kappa shape index (κ2) is 9.51. The Bertz CT molecular complexity index is 601. The predicted octanol–water partition coefficient (Wildman–Crippen LogP) is 5.63. The summed E-state index contributed by atoms with van der Waals surface area (Å²) in [6.07, 6.45) is 6.45. The molecule has 1 heterocycles. The van der Waals surface area contributed by atoms with Gasteiger partial charge in [-0.3, -0.25) is 0 Å². The summed E-state index contributed by atoms with van der Waals surface area (Å²) in [7, 11) is 1.63. The molecule has 0 unspecified atom stereocenters. The molecule has 0 amide bonds. The van der Waals surface area contributed by atoms with Crippen molar-refractivity contribution < 1.29 is 23.7 Å². The molecule has 0 aromatic heterocycles. The van der Waals surface area contributed by atoms with E-state index >= 15 is 0 Å². The van der Waals surface area contributed by atoms with Crippen LogP contribution in [0.15, 0.2) is 36.1 Å². The van der Waals surface area contributed by atoms with Gasteiger partial charge in [-0.05, 0) is 56.0 Å². The first-order valence-corrected chi connectivity index (χ1v) is 9.50. The Morgan fingerprint density at radius 3 is 2.35 bits per heavy atom.